The number of carbonyl (C=O) groups is 3. The van der Waals surface area contributed by atoms with Crippen molar-refractivity contribution >= 4 is 17.9 Å². The molecule has 0 aromatic heterocycles. The number of nitrogens with one attached hydrogen (secondary N) is 1. The average molecular weight is 429 g/mol. The van der Waals surface area contributed by atoms with Crippen LogP contribution in [0, 0.1) is 5.92 Å². The van der Waals surface area contributed by atoms with E-state index in [9.17, 15) is 14.4 Å². The average Bonchev–Trinajstić information content (AvgIpc) is 2.77. The molecule has 0 aliphatic carbocycles. The van der Waals surface area contributed by atoms with Crippen LogP contribution in [0.2, 0.25) is 0 Å². The highest BCUT2D eigenvalue weighted by Gasteiger charge is 2.37. The Balaban J connectivity index is 1.88. The first-order chi connectivity index (χ1) is 14.8. The molecule has 1 fully saturated rings. The lowest BCUT2D eigenvalue weighted by Crippen LogP contribution is -2.53. The van der Waals surface area contributed by atoms with Gasteiger partial charge in [-0.05, 0) is 12.5 Å². The van der Waals surface area contributed by atoms with E-state index in [0.717, 1.165) is 5.56 Å². The maximum absolute atomic E-state index is 13.0. The van der Waals surface area contributed by atoms with E-state index in [4.69, 9.17) is 4.74 Å². The molecule has 2 heterocycles. The number of esters is 1. The molecule has 0 bridgehead atoms. The molecule has 8 heteroatoms. The number of benzene rings is 1. The molecule has 3 amide bonds. The van der Waals surface area contributed by atoms with Gasteiger partial charge in [-0.2, -0.15) is 0 Å². The molecule has 3 rings (SSSR count). The molecule has 2 aliphatic rings. The summed E-state index contributed by atoms with van der Waals surface area (Å²) in [7, 11) is 1.67. The number of amides is 3. The van der Waals surface area contributed by atoms with Gasteiger partial charge in [0.25, 0.3) is 0 Å². The lowest BCUT2D eigenvalue weighted by atomic mass is 9.94. The molecule has 2 aliphatic heterocycles. The Morgan fingerprint density at radius 2 is 1.77 bits per heavy atom. The Hall–Kier alpha value is -2.87. The summed E-state index contributed by atoms with van der Waals surface area (Å²) in [6.07, 6.45) is 0. The molecule has 168 valence electrons. The maximum atomic E-state index is 13.0. The molecule has 0 spiro atoms. The minimum atomic E-state index is -0.567. The van der Waals surface area contributed by atoms with Crippen LogP contribution in [0.5, 0.6) is 0 Å². The van der Waals surface area contributed by atoms with Gasteiger partial charge in [0, 0.05) is 51.4 Å². The zero-order valence-corrected chi connectivity index (χ0v) is 18.8. The summed E-state index contributed by atoms with van der Waals surface area (Å²) in [5, 5.41) is 2.93. The normalized spacial score (nSPS) is 20.2. The summed E-state index contributed by atoms with van der Waals surface area (Å²) in [6.45, 7) is 8.91. The molecule has 31 heavy (non-hydrogen) atoms. The van der Waals surface area contributed by atoms with Gasteiger partial charge >= 0.3 is 12.0 Å². The number of ether oxygens (including phenoxy) is 1. The number of hydrogen-bond acceptors (Lipinski definition) is 5. The molecule has 0 unspecified atom stereocenters. The van der Waals surface area contributed by atoms with Crippen LogP contribution in [-0.2, 0) is 14.3 Å². The molecular formula is C23H32N4O4. The second-order valence-electron chi connectivity index (χ2n) is 8.19. The third-order valence-corrected chi connectivity index (χ3v) is 5.76. The summed E-state index contributed by atoms with van der Waals surface area (Å²) >= 11 is 0. The van der Waals surface area contributed by atoms with Crippen LogP contribution in [0.4, 0.5) is 4.79 Å². The first-order valence-electron chi connectivity index (χ1n) is 10.8. The van der Waals surface area contributed by atoms with Gasteiger partial charge in [-0.25, -0.2) is 9.59 Å². The van der Waals surface area contributed by atoms with E-state index in [2.05, 4.69) is 10.2 Å². The van der Waals surface area contributed by atoms with Crippen molar-refractivity contribution in [1.29, 1.82) is 0 Å². The van der Waals surface area contributed by atoms with Crippen LogP contribution in [0.1, 0.15) is 32.4 Å². The van der Waals surface area contributed by atoms with Gasteiger partial charge in [-0.1, -0.05) is 44.2 Å². The van der Waals surface area contributed by atoms with Crippen LogP contribution in [0.3, 0.4) is 0 Å². The van der Waals surface area contributed by atoms with Crippen molar-refractivity contribution in [3.8, 4) is 0 Å². The molecule has 1 aromatic carbocycles. The number of likely N-dealkylation sites (N-methyl/N-ethyl adjacent to an activating group) is 1. The Bertz CT molecular complexity index is 844. The van der Waals surface area contributed by atoms with E-state index in [1.54, 1.807) is 14.0 Å². The van der Waals surface area contributed by atoms with E-state index < -0.39 is 12.0 Å². The van der Waals surface area contributed by atoms with Crippen LogP contribution < -0.4 is 5.32 Å². The van der Waals surface area contributed by atoms with Crippen molar-refractivity contribution in [2.75, 3.05) is 46.4 Å². The predicted octanol–water partition coefficient (Wildman–Crippen LogP) is 2.00. The fourth-order valence-corrected chi connectivity index (χ4v) is 4.00. The van der Waals surface area contributed by atoms with Gasteiger partial charge in [-0.3, -0.25) is 14.6 Å². The quantitative estimate of drug-likeness (QED) is 0.701. The van der Waals surface area contributed by atoms with Gasteiger partial charge in [0.2, 0.25) is 5.91 Å². The molecule has 8 nitrogen and oxygen atoms in total. The summed E-state index contributed by atoms with van der Waals surface area (Å²) in [6, 6.07) is 8.62. The molecule has 1 aromatic rings. The van der Waals surface area contributed by atoms with Crippen molar-refractivity contribution in [2.24, 2.45) is 5.92 Å². The SMILES string of the molecule is CCOC(=O)C1=C(CN2CCN(C(=O)C(C)C)CC2)N(C)C(=O)N[C@H]1c1ccccc1. The van der Waals surface area contributed by atoms with Crippen molar-refractivity contribution in [3.05, 3.63) is 47.2 Å². The lowest BCUT2D eigenvalue weighted by Gasteiger charge is -2.39. The monoisotopic (exact) mass is 428 g/mol. The van der Waals surface area contributed by atoms with Crippen molar-refractivity contribution in [3.63, 3.8) is 0 Å². The highest BCUT2D eigenvalue weighted by molar-refractivity contribution is 5.95. The largest absolute Gasteiger partial charge is 0.463 e. The van der Waals surface area contributed by atoms with Gasteiger partial charge < -0.3 is 15.0 Å². The Kier molecular flexibility index (Phi) is 7.33. The third-order valence-electron chi connectivity index (χ3n) is 5.76. The highest BCUT2D eigenvalue weighted by atomic mass is 16.5. The zero-order chi connectivity index (χ0) is 22.5. The van der Waals surface area contributed by atoms with E-state index in [1.807, 2.05) is 49.1 Å². The summed E-state index contributed by atoms with van der Waals surface area (Å²) in [4.78, 5) is 43.5. The highest BCUT2D eigenvalue weighted by Crippen LogP contribution is 2.31. The lowest BCUT2D eigenvalue weighted by molar-refractivity contribution is -0.139. The Morgan fingerprint density at radius 3 is 2.35 bits per heavy atom. The number of rotatable bonds is 6. The van der Waals surface area contributed by atoms with E-state index >= 15 is 0 Å². The second-order valence-corrected chi connectivity index (χ2v) is 8.19. The molecular weight excluding hydrogens is 396 g/mol. The van der Waals surface area contributed by atoms with Gasteiger partial charge in [0.1, 0.15) is 0 Å². The fourth-order valence-electron chi connectivity index (χ4n) is 4.00. The topological polar surface area (TPSA) is 82.2 Å². The number of urea groups is 1. The number of hydrogen-bond donors (Lipinski definition) is 1. The number of carbonyl (C=O) groups excluding carboxylic acids is 3. The predicted molar refractivity (Wildman–Crippen MR) is 117 cm³/mol. The van der Waals surface area contributed by atoms with Gasteiger partial charge in [0.05, 0.1) is 18.2 Å². The van der Waals surface area contributed by atoms with E-state index in [0.29, 0.717) is 44.0 Å². The van der Waals surface area contributed by atoms with Gasteiger partial charge in [-0.15, -0.1) is 0 Å². The second kappa shape index (κ2) is 9.96. The van der Waals surface area contributed by atoms with Crippen LogP contribution >= 0.6 is 0 Å². The standard InChI is InChI=1S/C23H32N4O4/c1-5-31-22(29)19-18(15-26-11-13-27(14-12-26)21(28)16(2)3)25(4)23(30)24-20(19)17-9-7-6-8-10-17/h6-10,16,20H,5,11-15H2,1-4H3,(H,24,30)/t20-/m0/s1. The molecule has 0 saturated carbocycles. The van der Waals surface area contributed by atoms with E-state index in [-0.39, 0.29) is 24.5 Å². The summed E-state index contributed by atoms with van der Waals surface area (Å²) in [5.74, 6) is -0.291. The number of piperazine rings is 1. The molecule has 1 N–H and O–H groups in total. The first kappa shape index (κ1) is 22.8. The van der Waals surface area contributed by atoms with Crippen LogP contribution in [0.15, 0.2) is 41.6 Å². The third kappa shape index (κ3) is 5.07. The molecule has 1 atom stereocenters. The van der Waals surface area contributed by atoms with Crippen LogP contribution in [-0.4, -0.2) is 79.0 Å². The Labute approximate surface area is 183 Å². The first-order valence-corrected chi connectivity index (χ1v) is 10.8. The van der Waals surface area contributed by atoms with Crippen molar-refractivity contribution in [1.82, 2.24) is 20.0 Å². The minimum absolute atomic E-state index is 0.0236. The minimum Gasteiger partial charge on any atom is -0.463 e. The molecule has 0 radical (unpaired) electrons. The van der Waals surface area contributed by atoms with Gasteiger partial charge in [0.15, 0.2) is 0 Å². The smallest absolute Gasteiger partial charge is 0.338 e. The van der Waals surface area contributed by atoms with Crippen LogP contribution in [0.25, 0.3) is 0 Å². The van der Waals surface area contributed by atoms with E-state index in [1.165, 1.54) is 4.90 Å². The fraction of sp³-hybridized carbons (Fsp3) is 0.522. The summed E-state index contributed by atoms with van der Waals surface area (Å²) < 4.78 is 5.36. The number of nitrogens with zero attached hydrogens (tertiary/aromatic N) is 3. The van der Waals surface area contributed by atoms with Crippen molar-refractivity contribution < 1.29 is 19.1 Å². The summed E-state index contributed by atoms with van der Waals surface area (Å²) in [5.41, 5.74) is 1.92. The Morgan fingerprint density at radius 1 is 1.13 bits per heavy atom. The maximum Gasteiger partial charge on any atom is 0.338 e. The zero-order valence-electron chi connectivity index (χ0n) is 18.8. The molecule has 1 saturated heterocycles. The van der Waals surface area contributed by atoms with Crippen molar-refractivity contribution in [2.45, 2.75) is 26.8 Å².